The van der Waals surface area contributed by atoms with E-state index in [0.29, 0.717) is 0 Å². The minimum absolute atomic E-state index is 0.111. The number of amides is 2. The van der Waals surface area contributed by atoms with Crippen LogP contribution >= 0.6 is 81.2 Å². The van der Waals surface area contributed by atoms with Gasteiger partial charge in [-0.2, -0.15) is 0 Å². The van der Waals surface area contributed by atoms with Crippen LogP contribution in [-0.4, -0.2) is 54.3 Å². The number of alkyl halides is 7. The summed E-state index contributed by atoms with van der Waals surface area (Å²) in [6.45, 7) is 0.221. The van der Waals surface area contributed by atoms with Gasteiger partial charge in [0.05, 0.1) is 0 Å². The van der Waals surface area contributed by atoms with Gasteiger partial charge >= 0.3 is 0 Å². The first kappa shape index (κ1) is 18.0. The maximum Gasteiger partial charge on any atom is 0.257 e. The van der Waals surface area contributed by atoms with Crippen LogP contribution in [0.15, 0.2) is 0 Å². The third kappa shape index (κ3) is 4.22. The first-order valence-corrected chi connectivity index (χ1v) is 7.69. The Morgan fingerprint density at radius 1 is 0.895 bits per heavy atom. The van der Waals surface area contributed by atoms with Gasteiger partial charge in [-0.3, -0.25) is 9.59 Å². The lowest BCUT2D eigenvalue weighted by molar-refractivity contribution is -0.136. The monoisotopic (exact) mass is 408 g/mol. The van der Waals surface area contributed by atoms with Gasteiger partial charge in [-0.15, -0.1) is 0 Å². The summed E-state index contributed by atoms with van der Waals surface area (Å²) in [4.78, 5) is 23.2. The van der Waals surface area contributed by atoms with E-state index < -0.39 is 31.4 Å². The molecule has 110 valence electrons. The zero-order chi connectivity index (χ0) is 15.0. The topological polar surface area (TPSA) is 40.6 Å². The summed E-state index contributed by atoms with van der Waals surface area (Å²) in [5.41, 5.74) is 0. The van der Waals surface area contributed by atoms with E-state index in [1.54, 1.807) is 0 Å². The fraction of sp³-hybridized carbons (Fsp3) is 0.750. The molecule has 1 saturated heterocycles. The normalized spacial score (nSPS) is 17.7. The van der Waals surface area contributed by atoms with Crippen molar-refractivity contribution < 1.29 is 9.59 Å². The summed E-state index contributed by atoms with van der Waals surface area (Å²) in [5.74, 6) is -1.34. The van der Waals surface area contributed by atoms with Gasteiger partial charge in [0.15, 0.2) is 15.8 Å². The molecular formula is C8H7Cl7N2O2. The van der Waals surface area contributed by atoms with E-state index in [0.717, 1.165) is 9.80 Å². The third-order valence-corrected chi connectivity index (χ3v) is 3.74. The summed E-state index contributed by atoms with van der Waals surface area (Å²) in [6, 6.07) is 0. The Morgan fingerprint density at radius 2 is 1.21 bits per heavy atom. The molecule has 0 unspecified atom stereocenters. The Labute approximate surface area is 144 Å². The summed E-state index contributed by atoms with van der Waals surface area (Å²) in [7, 11) is 0. The Balaban J connectivity index is 3.05. The molecule has 0 bridgehead atoms. The van der Waals surface area contributed by atoms with Crippen molar-refractivity contribution in [2.45, 2.75) is 19.6 Å². The zero-order valence-electron chi connectivity index (χ0n) is 9.00. The van der Waals surface area contributed by atoms with Gasteiger partial charge < -0.3 is 9.80 Å². The molecule has 1 heterocycles. The van der Waals surface area contributed by atoms with Gasteiger partial charge in [0, 0.05) is 13.1 Å². The minimum atomic E-state index is -1.95. The lowest BCUT2D eigenvalue weighted by Gasteiger charge is -2.35. The van der Waals surface area contributed by atoms with Crippen molar-refractivity contribution in [2.75, 3.05) is 13.1 Å². The van der Waals surface area contributed by atoms with Crippen molar-refractivity contribution in [1.82, 2.24) is 9.80 Å². The average molecular weight is 411 g/mol. The Hall–Kier alpha value is 0.970. The van der Waals surface area contributed by atoms with Gasteiger partial charge in [0.2, 0.25) is 3.79 Å². The molecule has 0 N–H and O–H groups in total. The van der Waals surface area contributed by atoms with E-state index in [-0.39, 0.29) is 13.1 Å². The highest BCUT2D eigenvalue weighted by atomic mass is 35.6. The van der Waals surface area contributed by atoms with Gasteiger partial charge in [0.1, 0.15) is 0 Å². The fourth-order valence-electron chi connectivity index (χ4n) is 1.69. The van der Waals surface area contributed by atoms with Crippen molar-refractivity contribution in [3.8, 4) is 0 Å². The van der Waals surface area contributed by atoms with Crippen LogP contribution < -0.4 is 0 Å². The molecule has 1 fully saturated rings. The highest BCUT2D eigenvalue weighted by Gasteiger charge is 2.50. The van der Waals surface area contributed by atoms with Crippen LogP contribution in [0, 0.1) is 0 Å². The summed E-state index contributed by atoms with van der Waals surface area (Å²) < 4.78 is -1.95. The van der Waals surface area contributed by atoms with E-state index >= 15 is 0 Å². The second kappa shape index (κ2) is 6.82. The Bertz CT molecular complexity index is 343. The molecule has 0 spiro atoms. The molecule has 0 aromatic heterocycles. The first-order chi connectivity index (χ1) is 8.57. The molecule has 1 rings (SSSR count). The van der Waals surface area contributed by atoms with Gasteiger partial charge in [0.25, 0.3) is 11.8 Å². The maximum atomic E-state index is 11.8. The van der Waals surface area contributed by atoms with Crippen LogP contribution in [0.3, 0.4) is 0 Å². The van der Waals surface area contributed by atoms with E-state index in [4.69, 9.17) is 81.2 Å². The smallest absolute Gasteiger partial charge is 0.257 e. The molecule has 0 aromatic carbocycles. The second-order valence-electron chi connectivity index (χ2n) is 3.58. The molecule has 1 aliphatic rings. The third-order valence-electron chi connectivity index (χ3n) is 2.40. The number of halogens is 7. The average Bonchev–Trinajstić information content (AvgIpc) is 2.70. The molecular weight excluding hydrogens is 404 g/mol. The summed E-state index contributed by atoms with van der Waals surface area (Å²) in [6.07, 6.45) is -1.17. The molecule has 4 nitrogen and oxygen atoms in total. The SMILES string of the molecule is O=C(C(Cl)Cl)N1CCN(C(=O)C(Cl)Cl)C1C(Cl)(Cl)Cl. The van der Waals surface area contributed by atoms with Crippen molar-refractivity contribution in [3.05, 3.63) is 0 Å². The minimum Gasteiger partial charge on any atom is -0.314 e. The van der Waals surface area contributed by atoms with Gasteiger partial charge in [-0.25, -0.2) is 0 Å². The lowest BCUT2D eigenvalue weighted by atomic mass is 10.4. The predicted molar refractivity (Wildman–Crippen MR) is 78.5 cm³/mol. The van der Waals surface area contributed by atoms with Crippen LogP contribution in [0.4, 0.5) is 0 Å². The Morgan fingerprint density at radius 3 is 1.42 bits per heavy atom. The second-order valence-corrected chi connectivity index (χ2v) is 8.14. The molecule has 0 aromatic rings. The van der Waals surface area contributed by atoms with Crippen LogP contribution in [-0.2, 0) is 9.59 Å². The fourth-order valence-corrected chi connectivity index (χ4v) is 2.90. The van der Waals surface area contributed by atoms with Crippen molar-refractivity contribution in [3.63, 3.8) is 0 Å². The molecule has 0 aliphatic carbocycles. The number of carbonyl (C=O) groups excluding carboxylic acids is 2. The summed E-state index contributed by atoms with van der Waals surface area (Å²) >= 11 is 39.4. The number of hydrogen-bond donors (Lipinski definition) is 0. The quantitative estimate of drug-likeness (QED) is 0.656. The molecule has 19 heavy (non-hydrogen) atoms. The highest BCUT2D eigenvalue weighted by molar-refractivity contribution is 6.68. The van der Waals surface area contributed by atoms with E-state index in [1.807, 2.05) is 0 Å². The van der Waals surface area contributed by atoms with Crippen LogP contribution in [0.1, 0.15) is 0 Å². The van der Waals surface area contributed by atoms with Crippen molar-refractivity contribution in [1.29, 1.82) is 0 Å². The number of carbonyl (C=O) groups is 2. The van der Waals surface area contributed by atoms with Crippen LogP contribution in [0.25, 0.3) is 0 Å². The zero-order valence-corrected chi connectivity index (χ0v) is 14.3. The van der Waals surface area contributed by atoms with E-state index in [9.17, 15) is 9.59 Å². The summed E-state index contributed by atoms with van der Waals surface area (Å²) in [5, 5.41) is 0. The number of nitrogens with zero attached hydrogens (tertiary/aromatic N) is 2. The standard InChI is InChI=1S/C8H7Cl7N2O2/c9-3(10)5(18)16-1-2-17(6(19)4(11)12)7(16)8(13,14)15/h3-4,7H,1-2H2. The van der Waals surface area contributed by atoms with Crippen LogP contribution in [0.5, 0.6) is 0 Å². The van der Waals surface area contributed by atoms with Crippen molar-refractivity contribution >= 4 is 93.0 Å². The van der Waals surface area contributed by atoms with E-state index in [2.05, 4.69) is 0 Å². The van der Waals surface area contributed by atoms with Gasteiger partial charge in [-0.05, 0) is 0 Å². The Kier molecular flexibility index (Phi) is 6.47. The number of rotatable bonds is 2. The number of hydrogen-bond acceptors (Lipinski definition) is 2. The first-order valence-electron chi connectivity index (χ1n) is 4.81. The molecule has 0 atom stereocenters. The lowest BCUT2D eigenvalue weighted by Crippen LogP contribution is -2.54. The molecule has 2 amide bonds. The maximum absolute atomic E-state index is 11.8. The van der Waals surface area contributed by atoms with Gasteiger partial charge in [-0.1, -0.05) is 81.2 Å². The largest absolute Gasteiger partial charge is 0.314 e. The molecule has 11 heteroatoms. The molecule has 0 saturated carbocycles. The molecule has 0 radical (unpaired) electrons. The molecule has 1 aliphatic heterocycles. The van der Waals surface area contributed by atoms with Crippen LogP contribution in [0.2, 0.25) is 0 Å². The predicted octanol–water partition coefficient (Wildman–Crippen LogP) is 2.96. The van der Waals surface area contributed by atoms with E-state index in [1.165, 1.54) is 0 Å². The van der Waals surface area contributed by atoms with Crippen molar-refractivity contribution in [2.24, 2.45) is 0 Å². The highest BCUT2D eigenvalue weighted by Crippen LogP contribution is 2.39.